The van der Waals surface area contributed by atoms with Crippen molar-refractivity contribution in [2.75, 3.05) is 19.2 Å². The lowest BCUT2D eigenvalue weighted by atomic mass is 10.2. The first-order valence-corrected chi connectivity index (χ1v) is 7.29. The van der Waals surface area contributed by atoms with Crippen molar-refractivity contribution >= 4 is 17.7 Å². The summed E-state index contributed by atoms with van der Waals surface area (Å²) >= 11 is 1.61. The largest absolute Gasteiger partial charge is 0.378 e. The molecule has 0 fully saturated rings. The van der Waals surface area contributed by atoms with Gasteiger partial charge in [-0.25, -0.2) is 0 Å². The number of ether oxygens (including phenoxy) is 1. The molecule has 0 saturated heterocycles. The Morgan fingerprint density at radius 1 is 1.56 bits per heavy atom. The molecule has 0 aliphatic heterocycles. The number of amides is 1. The predicted molar refractivity (Wildman–Crippen MR) is 71.1 cm³/mol. The highest BCUT2D eigenvalue weighted by Gasteiger charge is 2.02. The molecule has 0 saturated carbocycles. The number of unbranched alkanes of at least 4 members (excludes halogenated alkanes) is 1. The zero-order valence-corrected chi connectivity index (χ0v) is 11.7. The minimum absolute atomic E-state index is 0.114. The van der Waals surface area contributed by atoms with Gasteiger partial charge < -0.3 is 10.1 Å². The maximum absolute atomic E-state index is 11.3. The highest BCUT2D eigenvalue weighted by molar-refractivity contribution is 7.98. The van der Waals surface area contributed by atoms with E-state index in [4.69, 9.17) is 4.74 Å². The number of aryl methyl sites for hydroxylation is 1. The molecule has 0 aliphatic rings. The second kappa shape index (κ2) is 8.93. The number of nitrogens with zero attached hydrogens (tertiary/aromatic N) is 3. The third kappa shape index (κ3) is 6.02. The molecule has 7 heteroatoms. The van der Waals surface area contributed by atoms with Crippen LogP contribution in [0.2, 0.25) is 0 Å². The van der Waals surface area contributed by atoms with Crippen molar-refractivity contribution in [1.82, 2.24) is 20.3 Å². The van der Waals surface area contributed by atoms with Crippen LogP contribution in [-0.4, -0.2) is 40.1 Å². The summed E-state index contributed by atoms with van der Waals surface area (Å²) < 4.78 is 6.75. The van der Waals surface area contributed by atoms with Crippen LogP contribution >= 0.6 is 11.8 Å². The second-order valence-electron chi connectivity index (χ2n) is 3.90. The maximum atomic E-state index is 11.3. The number of carbonyl (C=O) groups is 1. The first kappa shape index (κ1) is 15.0. The van der Waals surface area contributed by atoms with Gasteiger partial charge in [0.15, 0.2) is 0 Å². The van der Waals surface area contributed by atoms with Gasteiger partial charge in [0, 0.05) is 20.1 Å². The number of aromatic nitrogens is 3. The van der Waals surface area contributed by atoms with Crippen LogP contribution < -0.4 is 5.32 Å². The van der Waals surface area contributed by atoms with E-state index in [1.807, 2.05) is 12.5 Å². The second-order valence-corrected chi connectivity index (χ2v) is 4.76. The van der Waals surface area contributed by atoms with Gasteiger partial charge in [-0.2, -0.15) is 0 Å². The van der Waals surface area contributed by atoms with Crippen molar-refractivity contribution in [1.29, 1.82) is 0 Å². The normalized spacial score (nSPS) is 10.6. The molecule has 1 N–H and O–H groups in total. The van der Waals surface area contributed by atoms with Crippen molar-refractivity contribution in [3.63, 3.8) is 0 Å². The van der Waals surface area contributed by atoms with Gasteiger partial charge in [0.25, 0.3) is 0 Å². The average molecular weight is 272 g/mol. The summed E-state index contributed by atoms with van der Waals surface area (Å²) in [7, 11) is 1.63. The molecule has 0 unspecified atom stereocenters. The van der Waals surface area contributed by atoms with Crippen molar-refractivity contribution in [2.45, 2.75) is 32.4 Å². The summed E-state index contributed by atoms with van der Waals surface area (Å²) in [5.41, 5.74) is 0.829. The van der Waals surface area contributed by atoms with Gasteiger partial charge in [-0.05, 0) is 19.1 Å². The van der Waals surface area contributed by atoms with E-state index < -0.39 is 0 Å². The van der Waals surface area contributed by atoms with Gasteiger partial charge in [0.05, 0.1) is 18.7 Å². The van der Waals surface area contributed by atoms with Crippen LogP contribution in [0.4, 0.5) is 0 Å². The zero-order chi connectivity index (χ0) is 13.2. The summed E-state index contributed by atoms with van der Waals surface area (Å²) in [6, 6.07) is 0. The quantitative estimate of drug-likeness (QED) is 0.537. The van der Waals surface area contributed by atoms with Gasteiger partial charge >= 0.3 is 0 Å². The van der Waals surface area contributed by atoms with Crippen molar-refractivity contribution < 1.29 is 9.53 Å². The number of nitrogens with one attached hydrogen (secondary N) is 1. The fraction of sp³-hybridized carbons (Fsp3) is 0.727. The van der Waals surface area contributed by atoms with Crippen molar-refractivity contribution in [2.24, 2.45) is 0 Å². The van der Waals surface area contributed by atoms with E-state index in [1.165, 1.54) is 0 Å². The standard InChI is InChI=1S/C11H20N4O2S/c1-17-8-10-7-15(14-13-10)6-4-3-5-11(16)12-9-18-2/h7H,3-6,8-9H2,1-2H3,(H,12,16). The highest BCUT2D eigenvalue weighted by Crippen LogP contribution is 2.01. The molecule has 0 bridgehead atoms. The Kier molecular flexibility index (Phi) is 7.43. The van der Waals surface area contributed by atoms with E-state index in [0.29, 0.717) is 18.9 Å². The fourth-order valence-electron chi connectivity index (χ4n) is 1.46. The SMILES string of the molecule is COCc1cn(CCCCC(=O)NCSC)nn1. The van der Waals surface area contributed by atoms with E-state index >= 15 is 0 Å². The molecule has 0 aliphatic carbocycles. The summed E-state index contributed by atoms with van der Waals surface area (Å²) in [6.45, 7) is 1.27. The first-order valence-electron chi connectivity index (χ1n) is 5.90. The van der Waals surface area contributed by atoms with Gasteiger partial charge in [0.1, 0.15) is 5.69 Å². The van der Waals surface area contributed by atoms with E-state index in [1.54, 1.807) is 23.6 Å². The molecule has 0 spiro atoms. The minimum atomic E-state index is 0.114. The number of hydrogen-bond donors (Lipinski definition) is 1. The number of thioether (sulfide) groups is 1. The summed E-state index contributed by atoms with van der Waals surface area (Å²) in [5, 5.41) is 10.8. The molecule has 0 aromatic carbocycles. The Morgan fingerprint density at radius 2 is 2.39 bits per heavy atom. The topological polar surface area (TPSA) is 69.0 Å². The molecule has 1 heterocycles. The molecule has 1 aromatic heterocycles. The van der Waals surface area contributed by atoms with Crippen LogP contribution in [0.1, 0.15) is 25.0 Å². The van der Waals surface area contributed by atoms with Crippen LogP contribution in [0, 0.1) is 0 Å². The molecular weight excluding hydrogens is 252 g/mol. The lowest BCUT2D eigenvalue weighted by molar-refractivity contribution is -0.120. The Bertz CT molecular complexity index is 357. The highest BCUT2D eigenvalue weighted by atomic mass is 32.2. The molecule has 1 rings (SSSR count). The predicted octanol–water partition coefficient (Wildman–Crippen LogP) is 1.03. The monoisotopic (exact) mass is 272 g/mol. The van der Waals surface area contributed by atoms with Gasteiger partial charge in [-0.3, -0.25) is 9.48 Å². The van der Waals surface area contributed by atoms with E-state index in [0.717, 1.165) is 25.1 Å². The van der Waals surface area contributed by atoms with Crippen LogP contribution in [0.15, 0.2) is 6.20 Å². The summed E-state index contributed by atoms with van der Waals surface area (Å²) in [4.78, 5) is 11.3. The number of rotatable bonds is 9. The van der Waals surface area contributed by atoms with Crippen molar-refractivity contribution in [3.8, 4) is 0 Å². The van der Waals surface area contributed by atoms with E-state index in [2.05, 4.69) is 15.6 Å². The Morgan fingerprint density at radius 3 is 3.11 bits per heavy atom. The van der Waals surface area contributed by atoms with E-state index in [-0.39, 0.29) is 5.91 Å². The summed E-state index contributed by atoms with van der Waals surface area (Å²) in [6.07, 6.45) is 6.18. The number of methoxy groups -OCH3 is 1. The maximum Gasteiger partial charge on any atom is 0.220 e. The van der Waals surface area contributed by atoms with Crippen LogP contribution in [-0.2, 0) is 22.7 Å². The van der Waals surface area contributed by atoms with Gasteiger partial charge in [0.2, 0.25) is 5.91 Å². The first-order chi connectivity index (χ1) is 8.76. The summed E-state index contributed by atoms with van der Waals surface area (Å²) in [5.74, 6) is 0.797. The third-order valence-corrected chi connectivity index (χ3v) is 2.77. The molecule has 0 radical (unpaired) electrons. The smallest absolute Gasteiger partial charge is 0.220 e. The van der Waals surface area contributed by atoms with Gasteiger partial charge in [-0.15, -0.1) is 16.9 Å². The zero-order valence-electron chi connectivity index (χ0n) is 10.9. The Labute approximate surface area is 111 Å². The molecule has 102 valence electrons. The molecule has 6 nitrogen and oxygen atoms in total. The lowest BCUT2D eigenvalue weighted by Gasteiger charge is -2.03. The van der Waals surface area contributed by atoms with Crippen LogP contribution in [0.25, 0.3) is 0 Å². The Hall–Kier alpha value is -1.08. The molecule has 0 atom stereocenters. The Balaban J connectivity index is 2.11. The number of carbonyl (C=O) groups excluding carboxylic acids is 1. The molecule has 1 amide bonds. The number of hydrogen-bond acceptors (Lipinski definition) is 5. The lowest BCUT2D eigenvalue weighted by Crippen LogP contribution is -2.22. The third-order valence-electron chi connectivity index (χ3n) is 2.33. The van der Waals surface area contributed by atoms with Crippen molar-refractivity contribution in [3.05, 3.63) is 11.9 Å². The van der Waals surface area contributed by atoms with Crippen LogP contribution in [0.5, 0.6) is 0 Å². The fourth-order valence-corrected chi connectivity index (χ4v) is 1.77. The van der Waals surface area contributed by atoms with E-state index in [9.17, 15) is 4.79 Å². The van der Waals surface area contributed by atoms with Gasteiger partial charge in [-0.1, -0.05) is 5.21 Å². The average Bonchev–Trinajstić information content (AvgIpc) is 2.80. The van der Waals surface area contributed by atoms with Crippen LogP contribution in [0.3, 0.4) is 0 Å². The molecule has 18 heavy (non-hydrogen) atoms. The molecular formula is C11H20N4O2S. The minimum Gasteiger partial charge on any atom is -0.378 e. The molecule has 1 aromatic rings.